The third-order valence-electron chi connectivity index (χ3n) is 4.83. The minimum atomic E-state index is -1.18. The number of hydrogen-bond acceptors (Lipinski definition) is 4. The van der Waals surface area contributed by atoms with E-state index in [1.807, 2.05) is 6.07 Å². The van der Waals surface area contributed by atoms with Crippen LogP contribution in [0.2, 0.25) is 0 Å². The van der Waals surface area contributed by atoms with Crippen LogP contribution in [0.25, 0.3) is 0 Å². The van der Waals surface area contributed by atoms with Gasteiger partial charge in [-0.2, -0.15) is 0 Å². The van der Waals surface area contributed by atoms with Crippen LogP contribution in [0, 0.1) is 17.6 Å². The number of nitrogens with one attached hydrogen (secondary N) is 1. The molecule has 4 nitrogen and oxygen atoms in total. The van der Waals surface area contributed by atoms with Crippen molar-refractivity contribution in [1.29, 1.82) is 0 Å². The zero-order chi connectivity index (χ0) is 19.6. The average Bonchev–Trinajstić information content (AvgIpc) is 3.07. The Morgan fingerprint density at radius 3 is 2.70 bits per heavy atom. The van der Waals surface area contributed by atoms with Crippen LogP contribution in [0.4, 0.5) is 14.5 Å². The molecule has 27 heavy (non-hydrogen) atoms. The molecule has 144 valence electrons. The van der Waals surface area contributed by atoms with E-state index in [0.717, 1.165) is 37.8 Å². The highest BCUT2D eigenvalue weighted by Crippen LogP contribution is 2.34. The zero-order valence-electron chi connectivity index (χ0n) is 15.2. The standard InChI is InChI=1S/C20H21F2NO3S/c1-3-12-7-8-16-13(9-12)10-17(27-16)20(25)26-11(2)19(24)23-18-14(21)5-4-6-15(18)22/h4-6,10-12H,3,7-9H2,1-2H3,(H,23,24)/t11-,12+/m1/s1. The van der Waals surface area contributed by atoms with E-state index < -0.39 is 35.3 Å². The van der Waals surface area contributed by atoms with Crippen LogP contribution in [-0.4, -0.2) is 18.0 Å². The molecule has 0 aliphatic heterocycles. The lowest BCUT2D eigenvalue weighted by Gasteiger charge is -2.19. The zero-order valence-corrected chi connectivity index (χ0v) is 16.0. The fourth-order valence-electron chi connectivity index (χ4n) is 3.16. The molecule has 0 unspecified atom stereocenters. The largest absolute Gasteiger partial charge is 0.448 e. The third kappa shape index (κ3) is 4.35. The molecule has 0 saturated carbocycles. The Morgan fingerprint density at radius 1 is 1.33 bits per heavy atom. The van der Waals surface area contributed by atoms with Gasteiger partial charge in [0.25, 0.3) is 5.91 Å². The number of thiophene rings is 1. The molecule has 1 amide bonds. The van der Waals surface area contributed by atoms with Gasteiger partial charge in [-0.1, -0.05) is 19.4 Å². The number of halogens is 2. The van der Waals surface area contributed by atoms with Crippen molar-refractivity contribution in [3.8, 4) is 0 Å². The summed E-state index contributed by atoms with van der Waals surface area (Å²) in [6.45, 7) is 3.53. The summed E-state index contributed by atoms with van der Waals surface area (Å²) in [5, 5.41) is 2.13. The summed E-state index contributed by atoms with van der Waals surface area (Å²) < 4.78 is 32.5. The monoisotopic (exact) mass is 393 g/mol. The van der Waals surface area contributed by atoms with E-state index in [1.165, 1.54) is 34.8 Å². The van der Waals surface area contributed by atoms with Crippen LogP contribution in [0.3, 0.4) is 0 Å². The number of rotatable bonds is 5. The molecule has 0 spiro atoms. The number of para-hydroxylation sites is 1. The molecule has 1 aliphatic carbocycles. The number of fused-ring (bicyclic) bond motifs is 1. The number of carbonyl (C=O) groups is 2. The maximum Gasteiger partial charge on any atom is 0.349 e. The molecule has 0 bridgehead atoms. The SMILES string of the molecule is CC[C@H]1CCc2sc(C(=O)O[C@H](C)C(=O)Nc3c(F)cccc3F)cc2C1. The quantitative estimate of drug-likeness (QED) is 0.748. The van der Waals surface area contributed by atoms with Gasteiger partial charge in [-0.15, -0.1) is 11.3 Å². The van der Waals surface area contributed by atoms with Crippen LogP contribution in [0.5, 0.6) is 0 Å². The Hall–Kier alpha value is -2.28. The lowest BCUT2D eigenvalue weighted by atomic mass is 9.87. The Kier molecular flexibility index (Phi) is 5.89. The van der Waals surface area contributed by atoms with Gasteiger partial charge in [0.05, 0.1) is 0 Å². The fourth-order valence-corrected chi connectivity index (χ4v) is 4.25. The summed E-state index contributed by atoms with van der Waals surface area (Å²) in [4.78, 5) is 26.2. The predicted octanol–water partition coefficient (Wildman–Crippen LogP) is 4.73. The van der Waals surface area contributed by atoms with E-state index in [1.54, 1.807) is 0 Å². The van der Waals surface area contributed by atoms with Crippen molar-refractivity contribution in [2.75, 3.05) is 5.32 Å². The summed E-state index contributed by atoms with van der Waals surface area (Å²) in [5.74, 6) is -2.54. The summed E-state index contributed by atoms with van der Waals surface area (Å²) >= 11 is 1.39. The number of hydrogen-bond donors (Lipinski definition) is 1. The smallest absolute Gasteiger partial charge is 0.349 e. The van der Waals surface area contributed by atoms with Gasteiger partial charge in [0, 0.05) is 4.88 Å². The van der Waals surface area contributed by atoms with Crippen molar-refractivity contribution < 1.29 is 23.1 Å². The van der Waals surface area contributed by atoms with Crippen molar-refractivity contribution in [2.45, 2.75) is 45.6 Å². The lowest BCUT2D eigenvalue weighted by molar-refractivity contribution is -0.123. The van der Waals surface area contributed by atoms with Gasteiger partial charge in [0.2, 0.25) is 0 Å². The molecular weight excluding hydrogens is 372 g/mol. The Labute approximate surface area is 160 Å². The predicted molar refractivity (Wildman–Crippen MR) is 100.0 cm³/mol. The molecule has 7 heteroatoms. The topological polar surface area (TPSA) is 55.4 Å². The summed E-state index contributed by atoms with van der Waals surface area (Å²) in [6, 6.07) is 5.11. The molecule has 2 atom stereocenters. The van der Waals surface area contributed by atoms with E-state index in [9.17, 15) is 18.4 Å². The number of ether oxygens (including phenoxy) is 1. The van der Waals surface area contributed by atoms with Crippen LogP contribution in [-0.2, 0) is 22.4 Å². The van der Waals surface area contributed by atoms with Gasteiger partial charge >= 0.3 is 5.97 Å². The fraction of sp³-hybridized carbons (Fsp3) is 0.400. The molecule has 1 heterocycles. The van der Waals surface area contributed by atoms with Crippen molar-refractivity contribution in [3.63, 3.8) is 0 Å². The second kappa shape index (κ2) is 8.17. The normalized spacial score (nSPS) is 17.1. The molecular formula is C20H21F2NO3S. The first kappa shape index (κ1) is 19.5. The number of amides is 1. The molecule has 1 aliphatic rings. The molecule has 0 fully saturated rings. The Morgan fingerprint density at radius 2 is 2.04 bits per heavy atom. The molecule has 1 N–H and O–H groups in total. The first-order chi connectivity index (χ1) is 12.9. The minimum Gasteiger partial charge on any atom is -0.448 e. The van der Waals surface area contributed by atoms with Gasteiger partial charge in [-0.3, -0.25) is 4.79 Å². The molecule has 1 aromatic heterocycles. The van der Waals surface area contributed by atoms with Gasteiger partial charge < -0.3 is 10.1 Å². The summed E-state index contributed by atoms with van der Waals surface area (Å²) in [7, 11) is 0. The summed E-state index contributed by atoms with van der Waals surface area (Å²) in [5.41, 5.74) is 0.623. The van der Waals surface area contributed by atoms with Crippen LogP contribution in [0.1, 0.15) is 46.8 Å². The van der Waals surface area contributed by atoms with Crippen molar-refractivity contribution >= 4 is 28.9 Å². The molecule has 1 aromatic carbocycles. The first-order valence-corrected chi connectivity index (χ1v) is 9.78. The van der Waals surface area contributed by atoms with Gasteiger partial charge in [0.15, 0.2) is 6.10 Å². The number of anilines is 1. The van der Waals surface area contributed by atoms with E-state index in [2.05, 4.69) is 12.2 Å². The first-order valence-electron chi connectivity index (χ1n) is 8.96. The summed E-state index contributed by atoms with van der Waals surface area (Å²) in [6.07, 6.45) is 2.95. The maximum absolute atomic E-state index is 13.6. The molecule has 3 rings (SSSR count). The molecule has 2 aromatic rings. The van der Waals surface area contributed by atoms with Gasteiger partial charge in [-0.05, 0) is 55.9 Å². The maximum atomic E-state index is 13.6. The molecule has 0 radical (unpaired) electrons. The van der Waals surface area contributed by atoms with E-state index in [4.69, 9.17) is 4.74 Å². The highest BCUT2D eigenvalue weighted by molar-refractivity contribution is 7.14. The number of esters is 1. The number of carbonyl (C=O) groups excluding carboxylic acids is 2. The highest BCUT2D eigenvalue weighted by atomic mass is 32.1. The van der Waals surface area contributed by atoms with Crippen LogP contribution < -0.4 is 5.32 Å². The highest BCUT2D eigenvalue weighted by Gasteiger charge is 2.25. The number of benzene rings is 1. The van der Waals surface area contributed by atoms with Crippen molar-refractivity contribution in [1.82, 2.24) is 0 Å². The molecule has 0 saturated heterocycles. The van der Waals surface area contributed by atoms with Gasteiger partial charge in [-0.25, -0.2) is 13.6 Å². The number of aryl methyl sites for hydroxylation is 1. The van der Waals surface area contributed by atoms with Crippen LogP contribution >= 0.6 is 11.3 Å². The minimum absolute atomic E-state index is 0.452. The second-order valence-electron chi connectivity index (χ2n) is 6.71. The Bertz CT molecular complexity index is 845. The van der Waals surface area contributed by atoms with Crippen molar-refractivity contribution in [3.05, 3.63) is 51.2 Å². The lowest BCUT2D eigenvalue weighted by Crippen LogP contribution is -2.30. The second-order valence-corrected chi connectivity index (χ2v) is 7.85. The average molecular weight is 393 g/mol. The van der Waals surface area contributed by atoms with E-state index in [-0.39, 0.29) is 0 Å². The van der Waals surface area contributed by atoms with E-state index >= 15 is 0 Å². The van der Waals surface area contributed by atoms with Crippen molar-refractivity contribution in [2.24, 2.45) is 5.92 Å². The third-order valence-corrected chi connectivity index (χ3v) is 6.04. The van der Waals surface area contributed by atoms with E-state index in [0.29, 0.717) is 10.8 Å². The van der Waals surface area contributed by atoms with Gasteiger partial charge in [0.1, 0.15) is 22.2 Å². The Balaban J connectivity index is 1.64. The van der Waals surface area contributed by atoms with Crippen LogP contribution in [0.15, 0.2) is 24.3 Å².